The first kappa shape index (κ1) is 20.4. The van der Waals surface area contributed by atoms with Gasteiger partial charge in [-0.25, -0.2) is 8.42 Å². The predicted molar refractivity (Wildman–Crippen MR) is 117 cm³/mol. The summed E-state index contributed by atoms with van der Waals surface area (Å²) in [5, 5.41) is 0.416. The summed E-state index contributed by atoms with van der Waals surface area (Å²) in [4.78, 5) is 16.5. The maximum absolute atomic E-state index is 13.4. The fourth-order valence-electron chi connectivity index (χ4n) is 3.90. The van der Waals surface area contributed by atoms with Gasteiger partial charge in [-0.1, -0.05) is 31.5 Å². The number of amides is 1. The van der Waals surface area contributed by atoms with Crippen LogP contribution in [0.5, 0.6) is 0 Å². The van der Waals surface area contributed by atoms with Crippen molar-refractivity contribution in [2.45, 2.75) is 47.6 Å². The lowest BCUT2D eigenvalue weighted by Crippen LogP contribution is -2.36. The third-order valence-corrected chi connectivity index (χ3v) is 8.65. The Balaban J connectivity index is 1.66. The second-order valence-electron chi connectivity index (χ2n) is 7.63. The molecule has 5 nitrogen and oxygen atoms in total. The Hall–Kier alpha value is -1.83. The SMILES string of the molecule is C[C@@H]1CCN(C(=O)c2cccc(S(=O)(=O)N3CCCCC3)c2)c2ccccc2S1. The maximum atomic E-state index is 13.4. The summed E-state index contributed by atoms with van der Waals surface area (Å²) in [7, 11) is -3.57. The van der Waals surface area contributed by atoms with Gasteiger partial charge in [0.2, 0.25) is 10.0 Å². The molecule has 2 aromatic rings. The maximum Gasteiger partial charge on any atom is 0.258 e. The van der Waals surface area contributed by atoms with Crippen LogP contribution in [-0.2, 0) is 10.0 Å². The summed E-state index contributed by atoms with van der Waals surface area (Å²) in [5.74, 6) is -0.150. The van der Waals surface area contributed by atoms with Crippen molar-refractivity contribution in [3.8, 4) is 0 Å². The molecule has 2 heterocycles. The fraction of sp³-hybridized carbons (Fsp3) is 0.409. The van der Waals surface area contributed by atoms with Crippen LogP contribution in [0, 0.1) is 0 Å². The number of anilines is 1. The Bertz CT molecular complexity index is 1000. The highest BCUT2D eigenvalue weighted by Gasteiger charge is 2.29. The zero-order chi connectivity index (χ0) is 20.4. The summed E-state index contributed by atoms with van der Waals surface area (Å²) >= 11 is 1.78. The van der Waals surface area contributed by atoms with Crippen LogP contribution in [0.2, 0.25) is 0 Å². The van der Waals surface area contributed by atoms with Crippen molar-refractivity contribution in [1.82, 2.24) is 4.31 Å². The van der Waals surface area contributed by atoms with Crippen LogP contribution in [0.4, 0.5) is 5.69 Å². The number of carbonyl (C=O) groups excluding carboxylic acids is 1. The molecule has 0 aromatic heterocycles. The largest absolute Gasteiger partial charge is 0.307 e. The summed E-state index contributed by atoms with van der Waals surface area (Å²) in [5.41, 5.74) is 1.31. The van der Waals surface area contributed by atoms with E-state index in [-0.39, 0.29) is 10.8 Å². The monoisotopic (exact) mass is 430 g/mol. The zero-order valence-electron chi connectivity index (χ0n) is 16.6. The fourth-order valence-corrected chi connectivity index (χ4v) is 6.57. The number of hydrogen-bond acceptors (Lipinski definition) is 4. The Morgan fingerprint density at radius 2 is 1.76 bits per heavy atom. The highest BCUT2D eigenvalue weighted by Crippen LogP contribution is 2.38. The standard InChI is InChI=1S/C22H26N2O3S2/c1-17-12-15-24(20-10-3-4-11-21(20)28-17)22(25)18-8-7-9-19(16-18)29(26,27)23-13-5-2-6-14-23/h3-4,7-11,16-17H,2,5-6,12-15H2,1H3/t17-/m1/s1. The van der Waals surface area contributed by atoms with Gasteiger partial charge in [0, 0.05) is 35.3 Å². The van der Waals surface area contributed by atoms with E-state index in [9.17, 15) is 13.2 Å². The molecule has 0 spiro atoms. The first-order valence-corrected chi connectivity index (χ1v) is 12.5. The van der Waals surface area contributed by atoms with Crippen molar-refractivity contribution in [3.63, 3.8) is 0 Å². The summed E-state index contributed by atoms with van der Waals surface area (Å²) < 4.78 is 27.6. The molecule has 2 aliphatic heterocycles. The van der Waals surface area contributed by atoms with E-state index in [1.807, 2.05) is 24.3 Å². The van der Waals surface area contributed by atoms with Crippen molar-refractivity contribution in [1.29, 1.82) is 0 Å². The van der Waals surface area contributed by atoms with E-state index in [1.165, 1.54) is 6.07 Å². The minimum Gasteiger partial charge on any atom is -0.307 e. The van der Waals surface area contributed by atoms with E-state index in [0.29, 0.717) is 30.4 Å². The number of fused-ring (bicyclic) bond motifs is 1. The first-order chi connectivity index (χ1) is 14.0. The van der Waals surface area contributed by atoms with Crippen molar-refractivity contribution in [2.75, 3.05) is 24.5 Å². The zero-order valence-corrected chi connectivity index (χ0v) is 18.2. The number of sulfonamides is 1. The number of nitrogens with zero attached hydrogens (tertiary/aromatic N) is 2. The van der Waals surface area contributed by atoms with Gasteiger partial charge in [0.1, 0.15) is 0 Å². The second-order valence-corrected chi connectivity index (χ2v) is 11.1. The molecule has 2 aromatic carbocycles. The molecule has 7 heteroatoms. The number of hydrogen-bond donors (Lipinski definition) is 0. The number of benzene rings is 2. The molecular formula is C22H26N2O3S2. The Labute approximate surface area is 177 Å². The highest BCUT2D eigenvalue weighted by atomic mass is 32.2. The second kappa shape index (κ2) is 8.50. The normalized spacial score (nSPS) is 20.7. The van der Waals surface area contributed by atoms with E-state index in [1.54, 1.807) is 39.2 Å². The minimum atomic E-state index is -3.57. The van der Waals surface area contributed by atoms with Gasteiger partial charge in [-0.3, -0.25) is 4.79 Å². The number of para-hydroxylation sites is 1. The smallest absolute Gasteiger partial charge is 0.258 e. The Kier molecular flexibility index (Phi) is 5.99. The van der Waals surface area contributed by atoms with Crippen molar-refractivity contribution < 1.29 is 13.2 Å². The molecule has 0 bridgehead atoms. The van der Waals surface area contributed by atoms with Gasteiger partial charge < -0.3 is 4.90 Å². The molecule has 0 aliphatic carbocycles. The van der Waals surface area contributed by atoms with Crippen molar-refractivity contribution >= 4 is 33.4 Å². The van der Waals surface area contributed by atoms with Crippen LogP contribution in [-0.4, -0.2) is 43.5 Å². The van der Waals surface area contributed by atoms with Crippen molar-refractivity contribution in [2.24, 2.45) is 0 Å². The van der Waals surface area contributed by atoms with Crippen LogP contribution in [0.1, 0.15) is 43.0 Å². The van der Waals surface area contributed by atoms with Crippen LogP contribution < -0.4 is 4.90 Å². The third-order valence-electron chi connectivity index (χ3n) is 5.52. The van der Waals surface area contributed by atoms with Crippen molar-refractivity contribution in [3.05, 3.63) is 54.1 Å². The quantitative estimate of drug-likeness (QED) is 0.725. The molecule has 1 saturated heterocycles. The number of carbonyl (C=O) groups is 1. The molecule has 0 unspecified atom stereocenters. The molecule has 0 radical (unpaired) electrons. The number of piperidine rings is 1. The molecule has 0 N–H and O–H groups in total. The lowest BCUT2D eigenvalue weighted by Gasteiger charge is -2.26. The van der Waals surface area contributed by atoms with Gasteiger partial charge in [0.15, 0.2) is 0 Å². The molecule has 1 amide bonds. The van der Waals surface area contributed by atoms with Gasteiger partial charge in [0.25, 0.3) is 5.91 Å². The van der Waals surface area contributed by atoms with E-state index in [4.69, 9.17) is 0 Å². The molecule has 1 atom stereocenters. The molecule has 2 aliphatic rings. The van der Waals surface area contributed by atoms with E-state index in [2.05, 4.69) is 6.92 Å². The van der Waals surface area contributed by atoms with Gasteiger partial charge in [-0.05, 0) is 49.6 Å². The van der Waals surface area contributed by atoms with E-state index < -0.39 is 10.0 Å². The van der Waals surface area contributed by atoms with Crippen LogP contribution >= 0.6 is 11.8 Å². The van der Waals surface area contributed by atoms with Gasteiger partial charge in [0.05, 0.1) is 10.6 Å². The molecule has 154 valence electrons. The highest BCUT2D eigenvalue weighted by molar-refractivity contribution is 8.00. The average Bonchev–Trinajstić information content (AvgIpc) is 2.92. The average molecular weight is 431 g/mol. The lowest BCUT2D eigenvalue weighted by molar-refractivity contribution is 0.0986. The topological polar surface area (TPSA) is 57.7 Å². The van der Waals surface area contributed by atoms with Crippen LogP contribution in [0.15, 0.2) is 58.3 Å². The van der Waals surface area contributed by atoms with Gasteiger partial charge in [-0.2, -0.15) is 4.31 Å². The first-order valence-electron chi connectivity index (χ1n) is 10.1. The summed E-state index contributed by atoms with van der Waals surface area (Å²) in [6.07, 6.45) is 3.72. The summed E-state index contributed by atoms with van der Waals surface area (Å²) in [6, 6.07) is 14.4. The van der Waals surface area contributed by atoms with E-state index >= 15 is 0 Å². The Morgan fingerprint density at radius 3 is 2.55 bits per heavy atom. The molecule has 0 saturated carbocycles. The van der Waals surface area contributed by atoms with Crippen LogP contribution in [0.25, 0.3) is 0 Å². The van der Waals surface area contributed by atoms with Gasteiger partial charge >= 0.3 is 0 Å². The molecular weight excluding hydrogens is 404 g/mol. The number of thioether (sulfide) groups is 1. The molecule has 29 heavy (non-hydrogen) atoms. The van der Waals surface area contributed by atoms with Crippen LogP contribution in [0.3, 0.4) is 0 Å². The molecule has 1 fully saturated rings. The minimum absolute atomic E-state index is 0.150. The number of rotatable bonds is 3. The summed E-state index contributed by atoms with van der Waals surface area (Å²) in [6.45, 7) is 3.89. The Morgan fingerprint density at radius 1 is 1.00 bits per heavy atom. The predicted octanol–water partition coefficient (Wildman–Crippen LogP) is 4.39. The van der Waals surface area contributed by atoms with Gasteiger partial charge in [-0.15, -0.1) is 11.8 Å². The molecule has 4 rings (SSSR count). The third kappa shape index (κ3) is 4.22. The lowest BCUT2D eigenvalue weighted by atomic mass is 10.1. The van der Waals surface area contributed by atoms with E-state index in [0.717, 1.165) is 36.3 Å².